The number of primary amides is 1. The number of aromatic nitrogens is 1. The summed E-state index contributed by atoms with van der Waals surface area (Å²) in [4.78, 5) is 114. The zero-order chi connectivity index (χ0) is 62.1. The maximum atomic E-state index is 14.6. The van der Waals surface area contributed by atoms with Crippen molar-refractivity contribution >= 4 is 47.3 Å². The van der Waals surface area contributed by atoms with Gasteiger partial charge in [-0.2, -0.15) is 0 Å². The molecule has 3 aromatic carbocycles. The first-order valence-electron chi connectivity index (χ1n) is 27.7. The molecule has 15 unspecified atom stereocenters. The fourth-order valence-electron chi connectivity index (χ4n) is 10.3. The van der Waals surface area contributed by atoms with Gasteiger partial charge in [0, 0.05) is 54.6 Å². The number of carbonyl (C=O) groups excluding carboxylic acids is 8. The molecular formula is C57H73N9O19. The molecule has 4 aromatic rings. The number of nitrogens with two attached hydrogens (primary N) is 1. The Bertz CT molecular complexity index is 3050. The molecule has 7 rings (SSSR count). The molecule has 0 radical (unpaired) electrons. The second-order valence-corrected chi connectivity index (χ2v) is 21.7. The number of aliphatic hydroxyl groups excluding tert-OH is 8. The number of hydrogen-bond acceptors (Lipinski definition) is 20. The number of phenolic OH excluding ortho intramolecular Hbond substituents is 1. The van der Waals surface area contributed by atoms with Gasteiger partial charge in [-0.1, -0.05) is 50.0 Å². The Kier molecular flexibility index (Phi) is 21.4. The maximum Gasteiger partial charge on any atom is 0.251 e. The summed E-state index contributed by atoms with van der Waals surface area (Å²) in [6.07, 6.45) is -15.9. The topological polar surface area (TPSA) is 447 Å². The second-order valence-electron chi connectivity index (χ2n) is 21.7. The molecule has 1 aromatic heterocycles. The molecule has 3 aliphatic heterocycles. The number of fused-ring (bicyclic) bond motifs is 2. The van der Waals surface area contributed by atoms with Crippen LogP contribution in [0.1, 0.15) is 86.9 Å². The quantitative estimate of drug-likeness (QED) is 0.0505. The van der Waals surface area contributed by atoms with E-state index in [2.05, 4.69) is 38.7 Å². The van der Waals surface area contributed by atoms with E-state index in [9.17, 15) is 84.3 Å². The van der Waals surface area contributed by atoms with Gasteiger partial charge in [-0.25, -0.2) is 0 Å². The first kappa shape index (κ1) is 64.5. The third kappa shape index (κ3) is 15.4. The Morgan fingerprint density at radius 2 is 1.42 bits per heavy atom. The number of nitrogens with one attached hydrogen (secondary N) is 5. The smallest absolute Gasteiger partial charge is 0.251 e. The minimum absolute atomic E-state index is 0.0704. The Labute approximate surface area is 487 Å². The molecule has 16 N–H and O–H groups in total. The van der Waals surface area contributed by atoms with Crippen LogP contribution in [0, 0.1) is 12.8 Å². The zero-order valence-electron chi connectivity index (χ0n) is 47.0. The summed E-state index contributed by atoms with van der Waals surface area (Å²) >= 11 is 0. The lowest BCUT2D eigenvalue weighted by Crippen LogP contribution is -2.64. The molecule has 28 heteroatoms. The lowest BCUT2D eigenvalue weighted by molar-refractivity contribution is -0.149. The van der Waals surface area contributed by atoms with E-state index in [1.54, 1.807) is 6.07 Å². The molecule has 8 amide bonds. The summed E-state index contributed by atoms with van der Waals surface area (Å²) in [7, 11) is 0. The number of rotatable bonds is 16. The van der Waals surface area contributed by atoms with Crippen LogP contribution < -0.4 is 37.1 Å². The monoisotopic (exact) mass is 1190 g/mol. The number of hydrogen-bond donors (Lipinski definition) is 15. The van der Waals surface area contributed by atoms with Crippen molar-refractivity contribution in [2.45, 2.75) is 151 Å². The molecule has 3 saturated heterocycles. The van der Waals surface area contributed by atoms with E-state index in [1.807, 2.05) is 24.3 Å². The summed E-state index contributed by atoms with van der Waals surface area (Å²) in [5.41, 5.74) is 6.98. The lowest BCUT2D eigenvalue weighted by atomic mass is 9.95. The number of phenols is 1. The molecule has 85 heavy (non-hydrogen) atoms. The van der Waals surface area contributed by atoms with Crippen LogP contribution in [0.5, 0.6) is 11.5 Å². The van der Waals surface area contributed by atoms with Gasteiger partial charge in [-0.3, -0.25) is 38.4 Å². The van der Waals surface area contributed by atoms with E-state index in [0.717, 1.165) is 37.2 Å². The summed E-state index contributed by atoms with van der Waals surface area (Å²) < 4.78 is 11.4. The molecule has 0 aliphatic carbocycles. The van der Waals surface area contributed by atoms with E-state index in [1.165, 1.54) is 50.2 Å². The van der Waals surface area contributed by atoms with Gasteiger partial charge in [0.2, 0.25) is 41.4 Å². The van der Waals surface area contributed by atoms with Crippen LogP contribution in [0.15, 0.2) is 77.3 Å². The van der Waals surface area contributed by atoms with Gasteiger partial charge in [0.15, 0.2) is 12.0 Å². The van der Waals surface area contributed by atoms with Gasteiger partial charge in [0.05, 0.1) is 37.4 Å². The minimum atomic E-state index is -2.40. The number of carbonyl (C=O) groups is 8. The molecule has 460 valence electrons. The first-order chi connectivity index (χ1) is 40.3. The maximum absolute atomic E-state index is 14.6. The van der Waals surface area contributed by atoms with Crippen molar-refractivity contribution in [3.8, 4) is 34.1 Å². The normalized spacial score (nSPS) is 27.0. The second kappa shape index (κ2) is 28.2. The van der Waals surface area contributed by atoms with Gasteiger partial charge in [0.1, 0.15) is 71.8 Å². The van der Waals surface area contributed by atoms with Crippen LogP contribution in [-0.2, 0) is 33.6 Å². The standard InChI is InChI=1S/C57H73N9O19/c1-5-6-7-18-84-34-15-12-30(13-16-34)41-22-35(64-85-41)29-8-10-31(11-9-29)50(76)59-36-21-40(71)53(79)63-55(81)46-47(73)27(3)24-66(46)57(83)44(39(70)23-42(58)72)61-54(80)45(49(75)48(74)32-14-17-38(69)26(2)19-32)62-52(78)37-20-33(68)25-65(37)56(82)43(28(4)67)60-51(36)77/h8-17,19,22,27-28,33,36-37,39-40,43-49,53,67-71,73-75,79H,5-7,18,20-21,23-25H2,1-4H3,(H2,58,72)(H,59,76)(H,60,77)(H,61,80)(H,62,78)(H,63,81). The van der Waals surface area contributed by atoms with E-state index < -0.39 is 171 Å². The fourth-order valence-corrected chi connectivity index (χ4v) is 10.3. The molecule has 3 aliphatic rings. The number of unbranched alkanes of at least 4 members (excludes halogenated alkanes) is 2. The Balaban J connectivity index is 1.21. The number of aryl methyl sites for hydroxylation is 1. The molecule has 0 bridgehead atoms. The van der Waals surface area contributed by atoms with Crippen LogP contribution in [0.4, 0.5) is 0 Å². The summed E-state index contributed by atoms with van der Waals surface area (Å²) in [6.45, 7) is 5.47. The van der Waals surface area contributed by atoms with Crippen molar-refractivity contribution < 1.29 is 93.6 Å². The highest BCUT2D eigenvalue weighted by molar-refractivity contribution is 6.00. The third-order valence-electron chi connectivity index (χ3n) is 15.2. The number of aromatic hydroxyl groups is 1. The van der Waals surface area contributed by atoms with Gasteiger partial charge in [0.25, 0.3) is 5.91 Å². The van der Waals surface area contributed by atoms with Crippen molar-refractivity contribution in [2.75, 3.05) is 19.7 Å². The summed E-state index contributed by atoms with van der Waals surface area (Å²) in [5, 5.41) is 116. The van der Waals surface area contributed by atoms with Gasteiger partial charge < -0.3 is 97.3 Å². The van der Waals surface area contributed by atoms with E-state index in [-0.39, 0.29) is 22.4 Å². The van der Waals surface area contributed by atoms with E-state index in [0.29, 0.717) is 39.8 Å². The highest BCUT2D eigenvalue weighted by Gasteiger charge is 2.51. The largest absolute Gasteiger partial charge is 0.508 e. The average Bonchev–Trinajstić information content (AvgIpc) is 2.47. The van der Waals surface area contributed by atoms with Crippen molar-refractivity contribution in [3.05, 3.63) is 89.5 Å². The third-order valence-corrected chi connectivity index (χ3v) is 15.2. The molecule has 4 heterocycles. The minimum Gasteiger partial charge on any atom is -0.508 e. The van der Waals surface area contributed by atoms with Crippen LogP contribution in [0.25, 0.3) is 22.6 Å². The van der Waals surface area contributed by atoms with Gasteiger partial charge in [-0.05, 0) is 79.9 Å². The van der Waals surface area contributed by atoms with Crippen LogP contribution >= 0.6 is 0 Å². The number of amides is 8. The van der Waals surface area contributed by atoms with Crippen molar-refractivity contribution in [2.24, 2.45) is 11.7 Å². The van der Waals surface area contributed by atoms with E-state index in [4.69, 9.17) is 15.0 Å². The molecule has 28 nitrogen and oxygen atoms in total. The zero-order valence-corrected chi connectivity index (χ0v) is 47.0. The average molecular weight is 1190 g/mol. The van der Waals surface area contributed by atoms with Crippen LogP contribution in [-0.4, -0.2) is 207 Å². The van der Waals surface area contributed by atoms with Crippen LogP contribution in [0.2, 0.25) is 0 Å². The number of aliphatic hydroxyl groups is 8. The molecular weight excluding hydrogens is 1110 g/mol. The summed E-state index contributed by atoms with van der Waals surface area (Å²) in [6, 6.07) is 5.81. The predicted molar refractivity (Wildman–Crippen MR) is 296 cm³/mol. The van der Waals surface area contributed by atoms with Crippen molar-refractivity contribution in [1.29, 1.82) is 0 Å². The first-order valence-corrected chi connectivity index (χ1v) is 27.7. The van der Waals surface area contributed by atoms with Gasteiger partial charge >= 0.3 is 0 Å². The summed E-state index contributed by atoms with van der Waals surface area (Å²) in [5.74, 6) is -10.3. The molecule has 3 fully saturated rings. The highest BCUT2D eigenvalue weighted by Crippen LogP contribution is 2.31. The number of ether oxygens (including phenoxy) is 1. The predicted octanol–water partition coefficient (Wildman–Crippen LogP) is -2.78. The van der Waals surface area contributed by atoms with Crippen molar-refractivity contribution in [1.82, 2.24) is 41.5 Å². The lowest BCUT2D eigenvalue weighted by Gasteiger charge is -2.34. The Hall–Kier alpha value is -8.09. The number of nitrogens with zero attached hydrogens (tertiary/aromatic N) is 3. The van der Waals surface area contributed by atoms with Crippen molar-refractivity contribution in [3.63, 3.8) is 0 Å². The molecule has 0 saturated carbocycles. The van der Waals surface area contributed by atoms with Gasteiger partial charge in [-0.15, -0.1) is 0 Å². The number of benzene rings is 3. The Morgan fingerprint density at radius 3 is 2.07 bits per heavy atom. The highest BCUT2D eigenvalue weighted by atomic mass is 16.5. The Morgan fingerprint density at radius 1 is 0.776 bits per heavy atom. The molecule has 15 atom stereocenters. The molecule has 0 spiro atoms. The fraction of sp³-hybridized carbons (Fsp3) is 0.491. The van der Waals surface area contributed by atoms with Crippen LogP contribution in [0.3, 0.4) is 0 Å². The SMILES string of the molecule is CCCCCOc1ccc(-c2cc(-c3ccc(C(=O)NC4CC(O)C(O)NC(=O)C5C(O)C(C)CN5C(=O)C(C(O)CC(N)=O)NC(=O)C(C(O)C(O)c5ccc(O)c(C)c5)NC(=O)C5CC(O)CN5C(=O)C(C(C)O)NC4=O)cc3)no2)cc1. The van der Waals surface area contributed by atoms with E-state index >= 15 is 0 Å².